The van der Waals surface area contributed by atoms with E-state index < -0.39 is 17.5 Å². The molecule has 114 valence electrons. The van der Waals surface area contributed by atoms with E-state index in [4.69, 9.17) is 14.9 Å². The van der Waals surface area contributed by atoms with Crippen LogP contribution in [0.2, 0.25) is 0 Å². The van der Waals surface area contributed by atoms with Gasteiger partial charge in [-0.1, -0.05) is 12.1 Å². The molecule has 1 amide bonds. The van der Waals surface area contributed by atoms with Gasteiger partial charge in [0.05, 0.1) is 0 Å². The van der Waals surface area contributed by atoms with Crippen molar-refractivity contribution in [2.45, 2.75) is 20.5 Å². The monoisotopic (exact) mass is 301 g/mol. The summed E-state index contributed by atoms with van der Waals surface area (Å²) in [6.07, 6.45) is 0. The molecule has 0 saturated heterocycles. The Morgan fingerprint density at radius 2 is 1.82 bits per heavy atom. The summed E-state index contributed by atoms with van der Waals surface area (Å²) in [5.74, 6) is -0.870. The number of benzene rings is 1. The average molecular weight is 301 g/mol. The highest BCUT2D eigenvalue weighted by molar-refractivity contribution is 5.93. The molecule has 0 bridgehead atoms. The summed E-state index contributed by atoms with van der Waals surface area (Å²) in [7, 11) is 0. The van der Waals surface area contributed by atoms with Crippen LogP contribution in [0.15, 0.2) is 39.5 Å². The first-order valence-corrected chi connectivity index (χ1v) is 6.55. The van der Waals surface area contributed by atoms with Crippen LogP contribution in [0.25, 0.3) is 0 Å². The van der Waals surface area contributed by atoms with Crippen molar-refractivity contribution in [2.24, 2.45) is 5.73 Å². The molecule has 6 nitrogen and oxygen atoms in total. The van der Waals surface area contributed by atoms with Crippen LogP contribution in [0.4, 0.5) is 0 Å². The highest BCUT2D eigenvalue weighted by Gasteiger charge is 2.16. The van der Waals surface area contributed by atoms with Crippen LogP contribution >= 0.6 is 0 Å². The minimum absolute atomic E-state index is 0.0376. The number of carbonyl (C=O) groups is 2. The number of aryl methyl sites for hydroxylation is 2. The Morgan fingerprint density at radius 1 is 1.18 bits per heavy atom. The second kappa shape index (κ2) is 6.26. The van der Waals surface area contributed by atoms with Crippen molar-refractivity contribution < 1.29 is 18.7 Å². The first-order valence-electron chi connectivity index (χ1n) is 6.55. The van der Waals surface area contributed by atoms with E-state index in [1.165, 1.54) is 13.0 Å². The zero-order chi connectivity index (χ0) is 16.3. The van der Waals surface area contributed by atoms with Gasteiger partial charge in [-0.3, -0.25) is 4.79 Å². The van der Waals surface area contributed by atoms with E-state index in [0.717, 1.165) is 0 Å². The molecular weight excluding hydrogens is 286 g/mol. The van der Waals surface area contributed by atoms with Crippen LogP contribution in [0.5, 0.6) is 0 Å². The van der Waals surface area contributed by atoms with E-state index >= 15 is 0 Å². The van der Waals surface area contributed by atoms with Gasteiger partial charge in [-0.15, -0.1) is 0 Å². The molecule has 2 rings (SSSR count). The predicted molar refractivity (Wildman–Crippen MR) is 78.5 cm³/mol. The summed E-state index contributed by atoms with van der Waals surface area (Å²) in [6.45, 7) is 3.21. The minimum Gasteiger partial charge on any atom is -0.457 e. The van der Waals surface area contributed by atoms with Gasteiger partial charge >= 0.3 is 11.6 Å². The smallest absolute Gasteiger partial charge is 0.342 e. The third-order valence-electron chi connectivity index (χ3n) is 3.15. The summed E-state index contributed by atoms with van der Waals surface area (Å²) >= 11 is 0. The first-order chi connectivity index (χ1) is 10.4. The molecule has 0 aliphatic heterocycles. The van der Waals surface area contributed by atoms with Crippen molar-refractivity contribution in [3.8, 4) is 0 Å². The van der Waals surface area contributed by atoms with Crippen molar-refractivity contribution in [1.29, 1.82) is 0 Å². The zero-order valence-corrected chi connectivity index (χ0v) is 12.2. The third kappa shape index (κ3) is 3.41. The normalized spacial score (nSPS) is 10.3. The number of nitrogens with two attached hydrogens (primary N) is 1. The average Bonchev–Trinajstić information content (AvgIpc) is 2.44. The quantitative estimate of drug-likeness (QED) is 0.867. The molecular formula is C16H15NO5. The summed E-state index contributed by atoms with van der Waals surface area (Å²) < 4.78 is 10.1. The molecule has 2 N–H and O–H groups in total. The van der Waals surface area contributed by atoms with Gasteiger partial charge in [0.1, 0.15) is 17.9 Å². The number of ether oxygens (including phenoxy) is 1. The van der Waals surface area contributed by atoms with Gasteiger partial charge in [0.15, 0.2) is 0 Å². The van der Waals surface area contributed by atoms with Gasteiger partial charge in [0, 0.05) is 11.6 Å². The van der Waals surface area contributed by atoms with Crippen molar-refractivity contribution in [3.63, 3.8) is 0 Å². The van der Waals surface area contributed by atoms with Crippen LogP contribution in [-0.4, -0.2) is 11.9 Å². The fraction of sp³-hybridized carbons (Fsp3) is 0.188. The molecule has 0 unspecified atom stereocenters. The fourth-order valence-electron chi connectivity index (χ4n) is 2.05. The molecule has 0 atom stereocenters. The van der Waals surface area contributed by atoms with Crippen LogP contribution in [0.1, 0.15) is 37.6 Å². The molecule has 0 aliphatic rings. The summed E-state index contributed by atoms with van der Waals surface area (Å²) in [6, 6.07) is 7.66. The van der Waals surface area contributed by atoms with E-state index in [0.29, 0.717) is 16.7 Å². The number of rotatable bonds is 4. The lowest BCUT2D eigenvalue weighted by atomic mass is 10.1. The molecule has 1 aromatic carbocycles. The fourth-order valence-corrected chi connectivity index (χ4v) is 2.05. The van der Waals surface area contributed by atoms with Gasteiger partial charge in [-0.05, 0) is 37.1 Å². The van der Waals surface area contributed by atoms with Gasteiger partial charge in [-0.2, -0.15) is 0 Å². The Balaban J connectivity index is 2.10. The summed E-state index contributed by atoms with van der Waals surface area (Å²) in [5.41, 5.74) is 6.48. The molecule has 0 aliphatic carbocycles. The third-order valence-corrected chi connectivity index (χ3v) is 3.15. The summed E-state index contributed by atoms with van der Waals surface area (Å²) in [4.78, 5) is 34.3. The van der Waals surface area contributed by atoms with Crippen molar-refractivity contribution in [3.05, 3.63) is 68.8 Å². The van der Waals surface area contributed by atoms with Crippen molar-refractivity contribution in [2.75, 3.05) is 0 Å². The predicted octanol–water partition coefficient (Wildman–Crippen LogP) is 1.71. The lowest BCUT2D eigenvalue weighted by Gasteiger charge is -2.08. The second-order valence-electron chi connectivity index (χ2n) is 4.82. The van der Waals surface area contributed by atoms with E-state index in [9.17, 15) is 14.4 Å². The second-order valence-corrected chi connectivity index (χ2v) is 4.82. The van der Waals surface area contributed by atoms with E-state index in [1.54, 1.807) is 31.2 Å². The van der Waals surface area contributed by atoms with E-state index in [-0.39, 0.29) is 17.9 Å². The molecule has 1 heterocycles. The summed E-state index contributed by atoms with van der Waals surface area (Å²) in [5, 5.41) is 0. The molecule has 1 aromatic heterocycles. The Morgan fingerprint density at radius 3 is 2.36 bits per heavy atom. The number of esters is 1. The van der Waals surface area contributed by atoms with Crippen molar-refractivity contribution >= 4 is 11.9 Å². The highest BCUT2D eigenvalue weighted by Crippen LogP contribution is 2.14. The van der Waals surface area contributed by atoms with Gasteiger partial charge in [-0.25, -0.2) is 9.59 Å². The van der Waals surface area contributed by atoms with Crippen molar-refractivity contribution in [1.82, 2.24) is 0 Å². The van der Waals surface area contributed by atoms with Crippen LogP contribution in [0, 0.1) is 13.8 Å². The topological polar surface area (TPSA) is 99.6 Å². The van der Waals surface area contributed by atoms with Gasteiger partial charge in [0.2, 0.25) is 5.91 Å². The number of carbonyl (C=O) groups excluding carboxylic acids is 2. The number of amides is 1. The Hall–Kier alpha value is -2.89. The molecule has 22 heavy (non-hydrogen) atoms. The van der Waals surface area contributed by atoms with Crippen LogP contribution < -0.4 is 11.4 Å². The SMILES string of the molecule is Cc1cc(=O)oc(C)c1C(=O)OCc1ccc(C(N)=O)cc1. The number of primary amides is 1. The highest BCUT2D eigenvalue weighted by atomic mass is 16.5. The Kier molecular flexibility index (Phi) is 4.41. The molecule has 0 radical (unpaired) electrons. The van der Waals surface area contributed by atoms with Gasteiger partial charge < -0.3 is 14.9 Å². The molecule has 0 fully saturated rings. The largest absolute Gasteiger partial charge is 0.457 e. The maximum atomic E-state index is 12.1. The minimum atomic E-state index is -0.572. The maximum Gasteiger partial charge on any atom is 0.342 e. The number of hydrogen-bond donors (Lipinski definition) is 1. The first kappa shape index (κ1) is 15.5. The Bertz CT molecular complexity index is 748. The van der Waals surface area contributed by atoms with E-state index in [2.05, 4.69) is 0 Å². The number of hydrogen-bond acceptors (Lipinski definition) is 5. The Labute approximate surface area is 126 Å². The zero-order valence-electron chi connectivity index (χ0n) is 12.2. The van der Waals surface area contributed by atoms with Crippen LogP contribution in [-0.2, 0) is 11.3 Å². The lowest BCUT2D eigenvalue weighted by molar-refractivity contribution is 0.0467. The van der Waals surface area contributed by atoms with Crippen LogP contribution in [0.3, 0.4) is 0 Å². The lowest BCUT2D eigenvalue weighted by Crippen LogP contribution is -2.13. The molecule has 6 heteroatoms. The standard InChI is InChI=1S/C16H15NO5/c1-9-7-13(18)22-10(2)14(9)16(20)21-8-11-3-5-12(6-4-11)15(17)19/h3-7H,8H2,1-2H3,(H2,17,19). The molecule has 0 saturated carbocycles. The van der Waals surface area contributed by atoms with Gasteiger partial charge in [0.25, 0.3) is 0 Å². The molecule has 2 aromatic rings. The molecule has 0 spiro atoms. The maximum absolute atomic E-state index is 12.1. The van der Waals surface area contributed by atoms with E-state index in [1.807, 2.05) is 0 Å².